The quantitative estimate of drug-likeness (QED) is 0.709. The van der Waals surface area contributed by atoms with E-state index < -0.39 is 5.60 Å². The van der Waals surface area contributed by atoms with E-state index in [9.17, 15) is 4.79 Å². The summed E-state index contributed by atoms with van der Waals surface area (Å²) in [6, 6.07) is 10.1. The van der Waals surface area contributed by atoms with Crippen LogP contribution in [0.4, 0.5) is 0 Å². The molecule has 0 radical (unpaired) electrons. The molecule has 0 bridgehead atoms. The van der Waals surface area contributed by atoms with Crippen molar-refractivity contribution in [2.24, 2.45) is 5.41 Å². The molecule has 1 atom stereocenters. The number of ether oxygens (including phenoxy) is 1. The molecule has 0 spiro atoms. The number of esters is 1. The Bertz CT molecular complexity index is 461. The molecule has 1 fully saturated rings. The predicted molar refractivity (Wildman–Crippen MR) is 75.8 cm³/mol. The Morgan fingerprint density at radius 3 is 2.35 bits per heavy atom. The Hall–Kier alpha value is -1.06. The van der Waals surface area contributed by atoms with Gasteiger partial charge in [0.2, 0.25) is 0 Å². The average molecular weight is 297 g/mol. The van der Waals surface area contributed by atoms with Gasteiger partial charge in [0.1, 0.15) is 5.60 Å². The fourth-order valence-corrected chi connectivity index (χ4v) is 3.30. The summed E-state index contributed by atoms with van der Waals surface area (Å²) in [7, 11) is 2.12. The van der Waals surface area contributed by atoms with Crippen LogP contribution in [0.5, 0.6) is 0 Å². The first kappa shape index (κ1) is 17.0. The van der Waals surface area contributed by atoms with E-state index in [-0.39, 0.29) is 23.8 Å². The molecule has 0 N–H and O–H groups in total. The molecular formula is C16H23ClNO2-. The lowest BCUT2D eigenvalue weighted by atomic mass is 9.66. The summed E-state index contributed by atoms with van der Waals surface area (Å²) in [6.45, 7) is 7.71. The van der Waals surface area contributed by atoms with Gasteiger partial charge in [0.15, 0.2) is 0 Å². The van der Waals surface area contributed by atoms with Crippen LogP contribution in [0.25, 0.3) is 0 Å². The van der Waals surface area contributed by atoms with Gasteiger partial charge in [0, 0.05) is 31.8 Å². The number of piperidine rings is 1. The molecule has 1 saturated heterocycles. The van der Waals surface area contributed by atoms with Crippen molar-refractivity contribution in [3.63, 3.8) is 0 Å². The molecule has 1 aliphatic rings. The van der Waals surface area contributed by atoms with Crippen LogP contribution in [0.15, 0.2) is 30.3 Å². The number of carbonyl (C=O) groups excluding carboxylic acids is 1. The van der Waals surface area contributed by atoms with Gasteiger partial charge in [-0.25, -0.2) is 0 Å². The van der Waals surface area contributed by atoms with Gasteiger partial charge in [-0.15, -0.1) is 0 Å². The lowest BCUT2D eigenvalue weighted by Gasteiger charge is -2.51. The average Bonchev–Trinajstić information content (AvgIpc) is 2.33. The van der Waals surface area contributed by atoms with Gasteiger partial charge in [0.25, 0.3) is 0 Å². The molecule has 0 amide bonds. The molecule has 112 valence electrons. The maximum atomic E-state index is 11.6. The van der Waals surface area contributed by atoms with Crippen molar-refractivity contribution in [3.8, 4) is 0 Å². The summed E-state index contributed by atoms with van der Waals surface area (Å²) in [5.74, 6) is -0.207. The van der Waals surface area contributed by atoms with E-state index in [0.717, 1.165) is 25.1 Å². The van der Waals surface area contributed by atoms with Crippen LogP contribution >= 0.6 is 0 Å². The zero-order chi connectivity index (χ0) is 14.1. The SMILES string of the molecule is CC(=O)OC1(c2ccccc2)CCN(C)CC1(C)C.[Cl-]. The minimum Gasteiger partial charge on any atom is -1.00 e. The molecule has 3 nitrogen and oxygen atoms in total. The molecule has 1 aromatic carbocycles. The number of benzene rings is 1. The molecule has 2 rings (SSSR count). The first-order valence-corrected chi connectivity index (χ1v) is 6.81. The summed E-state index contributed by atoms with van der Waals surface area (Å²) >= 11 is 0. The minimum absolute atomic E-state index is 0. The van der Waals surface area contributed by atoms with Crippen LogP contribution < -0.4 is 12.4 Å². The van der Waals surface area contributed by atoms with Crippen LogP contribution in [0, 0.1) is 5.41 Å². The molecule has 1 aromatic rings. The molecule has 0 saturated carbocycles. The largest absolute Gasteiger partial charge is 1.00 e. The van der Waals surface area contributed by atoms with Crippen LogP contribution in [-0.2, 0) is 15.1 Å². The third-order valence-corrected chi connectivity index (χ3v) is 4.16. The third kappa shape index (κ3) is 2.99. The third-order valence-electron chi connectivity index (χ3n) is 4.16. The summed E-state index contributed by atoms with van der Waals surface area (Å²) < 4.78 is 5.86. The van der Waals surface area contributed by atoms with Gasteiger partial charge >= 0.3 is 5.97 Å². The summed E-state index contributed by atoms with van der Waals surface area (Å²) in [5.41, 5.74) is 0.461. The fourth-order valence-electron chi connectivity index (χ4n) is 3.30. The summed E-state index contributed by atoms with van der Waals surface area (Å²) in [5, 5.41) is 0. The Morgan fingerprint density at radius 1 is 1.25 bits per heavy atom. The van der Waals surface area contributed by atoms with Crippen molar-refractivity contribution in [2.75, 3.05) is 20.1 Å². The van der Waals surface area contributed by atoms with Crippen molar-refractivity contribution in [2.45, 2.75) is 32.8 Å². The van der Waals surface area contributed by atoms with Crippen molar-refractivity contribution in [1.29, 1.82) is 0 Å². The number of nitrogens with zero attached hydrogens (tertiary/aromatic N) is 1. The fraction of sp³-hybridized carbons (Fsp3) is 0.562. The van der Waals surface area contributed by atoms with Crippen LogP contribution in [0.1, 0.15) is 32.8 Å². The maximum absolute atomic E-state index is 11.6. The zero-order valence-corrected chi connectivity index (χ0v) is 13.4. The monoisotopic (exact) mass is 296 g/mol. The standard InChI is InChI=1S/C16H23NO2.ClH/c1-13(18)19-16(14-8-6-5-7-9-14)10-11-17(4)12-15(16,2)3;/h5-9H,10-12H2,1-4H3;1H/p-1. The lowest BCUT2D eigenvalue weighted by molar-refractivity contribution is -0.187. The van der Waals surface area contributed by atoms with E-state index in [1.807, 2.05) is 18.2 Å². The van der Waals surface area contributed by atoms with E-state index in [4.69, 9.17) is 4.74 Å². The van der Waals surface area contributed by atoms with Crippen molar-refractivity contribution in [1.82, 2.24) is 4.90 Å². The Kier molecular flexibility index (Phi) is 5.22. The van der Waals surface area contributed by atoms with E-state index in [0.29, 0.717) is 0 Å². The number of rotatable bonds is 2. The smallest absolute Gasteiger partial charge is 0.303 e. The van der Waals surface area contributed by atoms with Crippen LogP contribution in [-0.4, -0.2) is 31.0 Å². The molecule has 0 aromatic heterocycles. The Morgan fingerprint density at radius 2 is 1.85 bits per heavy atom. The van der Waals surface area contributed by atoms with Crippen LogP contribution in [0.2, 0.25) is 0 Å². The first-order valence-electron chi connectivity index (χ1n) is 6.81. The van der Waals surface area contributed by atoms with Crippen molar-refractivity contribution >= 4 is 5.97 Å². The van der Waals surface area contributed by atoms with Gasteiger partial charge in [-0.1, -0.05) is 44.2 Å². The second-order valence-corrected chi connectivity index (χ2v) is 6.16. The van der Waals surface area contributed by atoms with Gasteiger partial charge in [-0.05, 0) is 12.6 Å². The highest BCUT2D eigenvalue weighted by Gasteiger charge is 2.52. The molecule has 1 heterocycles. The van der Waals surface area contributed by atoms with Gasteiger partial charge in [-0.2, -0.15) is 0 Å². The highest BCUT2D eigenvalue weighted by molar-refractivity contribution is 5.67. The first-order chi connectivity index (χ1) is 8.87. The lowest BCUT2D eigenvalue weighted by Crippen LogP contribution is -3.00. The van der Waals surface area contributed by atoms with Gasteiger partial charge in [-0.3, -0.25) is 4.79 Å². The van der Waals surface area contributed by atoms with E-state index >= 15 is 0 Å². The Balaban J connectivity index is 0.00000200. The van der Waals surface area contributed by atoms with E-state index in [1.165, 1.54) is 6.92 Å². The molecular weight excluding hydrogens is 274 g/mol. The maximum Gasteiger partial charge on any atom is 0.303 e. The van der Waals surface area contributed by atoms with E-state index in [1.54, 1.807) is 0 Å². The van der Waals surface area contributed by atoms with Crippen molar-refractivity contribution < 1.29 is 21.9 Å². The minimum atomic E-state index is -0.521. The van der Waals surface area contributed by atoms with Gasteiger partial charge < -0.3 is 22.0 Å². The molecule has 4 heteroatoms. The second-order valence-electron chi connectivity index (χ2n) is 6.16. The number of hydrogen-bond acceptors (Lipinski definition) is 3. The van der Waals surface area contributed by atoms with Gasteiger partial charge in [0.05, 0.1) is 0 Å². The Labute approximate surface area is 127 Å². The second kappa shape index (κ2) is 6.15. The molecule has 20 heavy (non-hydrogen) atoms. The van der Waals surface area contributed by atoms with E-state index in [2.05, 4.69) is 37.9 Å². The number of carbonyl (C=O) groups is 1. The normalized spacial score (nSPS) is 25.6. The van der Waals surface area contributed by atoms with Crippen molar-refractivity contribution in [3.05, 3.63) is 35.9 Å². The molecule has 0 aliphatic carbocycles. The summed E-state index contributed by atoms with van der Waals surface area (Å²) in [6.07, 6.45) is 0.833. The zero-order valence-electron chi connectivity index (χ0n) is 12.6. The van der Waals surface area contributed by atoms with Crippen LogP contribution in [0.3, 0.4) is 0 Å². The highest BCUT2D eigenvalue weighted by atomic mass is 35.5. The highest BCUT2D eigenvalue weighted by Crippen LogP contribution is 2.48. The number of halogens is 1. The predicted octanol–water partition coefficient (Wildman–Crippen LogP) is -0.189. The number of likely N-dealkylation sites (tertiary alicyclic amines) is 1. The topological polar surface area (TPSA) is 29.5 Å². The molecule has 1 unspecified atom stereocenters. The number of hydrogen-bond donors (Lipinski definition) is 0. The summed E-state index contributed by atoms with van der Waals surface area (Å²) in [4.78, 5) is 13.9. The molecule has 1 aliphatic heterocycles.